The zero-order valence-corrected chi connectivity index (χ0v) is 16.4. The Morgan fingerprint density at radius 1 is 1.25 bits per heavy atom. The molecule has 150 valence electrons. The van der Waals surface area contributed by atoms with Crippen LogP contribution < -0.4 is 16.0 Å². The lowest BCUT2D eigenvalue weighted by atomic mass is 9.73. The van der Waals surface area contributed by atoms with Crippen LogP contribution in [0.25, 0.3) is 0 Å². The Morgan fingerprint density at radius 2 is 2.00 bits per heavy atom. The van der Waals surface area contributed by atoms with Crippen molar-refractivity contribution in [2.24, 2.45) is 5.92 Å². The van der Waals surface area contributed by atoms with Crippen LogP contribution in [0.2, 0.25) is 0 Å². The molecule has 6 amide bonds. The first-order valence-electron chi connectivity index (χ1n) is 9.55. The van der Waals surface area contributed by atoms with Gasteiger partial charge in [-0.3, -0.25) is 19.8 Å². The molecule has 8 heteroatoms. The average Bonchev–Trinajstić information content (AvgIpc) is 2.85. The van der Waals surface area contributed by atoms with E-state index in [0.29, 0.717) is 12.1 Å². The zero-order valence-electron chi connectivity index (χ0n) is 16.4. The smallest absolute Gasteiger partial charge is 0.323 e. The van der Waals surface area contributed by atoms with Gasteiger partial charge in [0.1, 0.15) is 12.1 Å². The summed E-state index contributed by atoms with van der Waals surface area (Å²) in [6.07, 6.45) is 3.30. The second kappa shape index (κ2) is 7.61. The Balaban J connectivity index is 1.60. The number of imide groups is 2. The minimum Gasteiger partial charge on any atom is -0.323 e. The first-order valence-corrected chi connectivity index (χ1v) is 9.55. The molecule has 1 aliphatic carbocycles. The van der Waals surface area contributed by atoms with Crippen LogP contribution >= 0.6 is 0 Å². The van der Waals surface area contributed by atoms with Gasteiger partial charge >= 0.3 is 12.1 Å². The standard InChI is InChI=1S/C20H26N4O4/c1-12-7-8-15(13(2)10-12)21-18(27)22-16(25)11-24-17(26)20(23-19(24)28)9-5-4-6-14(20)3/h7-8,10,14H,4-6,9,11H2,1-3H3,(H,23,28)(H2,21,22,25,27)/t14-,20-/m0/s1. The minimum atomic E-state index is -0.920. The Morgan fingerprint density at radius 3 is 2.68 bits per heavy atom. The van der Waals surface area contributed by atoms with Gasteiger partial charge in [0.2, 0.25) is 5.91 Å². The second-order valence-electron chi connectivity index (χ2n) is 7.76. The highest BCUT2D eigenvalue weighted by Gasteiger charge is 2.55. The van der Waals surface area contributed by atoms with Crippen molar-refractivity contribution < 1.29 is 19.2 Å². The lowest BCUT2D eigenvalue weighted by Crippen LogP contribution is -2.54. The van der Waals surface area contributed by atoms with Gasteiger partial charge < -0.3 is 10.6 Å². The number of urea groups is 2. The summed E-state index contributed by atoms with van der Waals surface area (Å²) in [4.78, 5) is 50.4. The van der Waals surface area contributed by atoms with E-state index in [1.54, 1.807) is 6.07 Å². The van der Waals surface area contributed by atoms with E-state index in [0.717, 1.165) is 35.3 Å². The molecule has 8 nitrogen and oxygen atoms in total. The highest BCUT2D eigenvalue weighted by atomic mass is 16.2. The summed E-state index contributed by atoms with van der Waals surface area (Å²) in [5, 5.41) is 7.57. The summed E-state index contributed by atoms with van der Waals surface area (Å²) in [6.45, 7) is 5.25. The van der Waals surface area contributed by atoms with E-state index in [1.165, 1.54) is 0 Å². The predicted molar refractivity (Wildman–Crippen MR) is 104 cm³/mol. The molecule has 3 rings (SSSR count). The van der Waals surface area contributed by atoms with Crippen molar-refractivity contribution >= 4 is 29.6 Å². The van der Waals surface area contributed by atoms with Gasteiger partial charge in [0.05, 0.1) is 0 Å². The normalized spacial score (nSPS) is 24.2. The van der Waals surface area contributed by atoms with Gasteiger partial charge in [-0.1, -0.05) is 37.5 Å². The molecule has 0 bridgehead atoms. The molecule has 1 aromatic carbocycles. The van der Waals surface area contributed by atoms with Crippen molar-refractivity contribution in [2.45, 2.75) is 52.0 Å². The summed E-state index contributed by atoms with van der Waals surface area (Å²) < 4.78 is 0. The average molecular weight is 386 g/mol. The van der Waals surface area contributed by atoms with Crippen molar-refractivity contribution in [3.05, 3.63) is 29.3 Å². The van der Waals surface area contributed by atoms with Crippen LogP contribution in [0.3, 0.4) is 0 Å². The molecule has 1 aliphatic heterocycles. The van der Waals surface area contributed by atoms with Crippen molar-refractivity contribution in [3.63, 3.8) is 0 Å². The Hall–Kier alpha value is -2.90. The van der Waals surface area contributed by atoms with Crippen LogP contribution in [0.1, 0.15) is 43.7 Å². The summed E-state index contributed by atoms with van der Waals surface area (Å²) in [7, 11) is 0. The highest BCUT2D eigenvalue weighted by Crippen LogP contribution is 2.38. The molecule has 1 spiro atoms. The molecule has 2 aliphatic rings. The van der Waals surface area contributed by atoms with Crippen molar-refractivity contribution in [3.8, 4) is 0 Å². The third kappa shape index (κ3) is 3.72. The highest BCUT2D eigenvalue weighted by molar-refractivity contribution is 6.11. The molecule has 1 saturated carbocycles. The number of aryl methyl sites for hydroxylation is 2. The van der Waals surface area contributed by atoms with Crippen molar-refractivity contribution in [2.75, 3.05) is 11.9 Å². The van der Waals surface area contributed by atoms with Gasteiger partial charge in [0, 0.05) is 5.69 Å². The summed E-state index contributed by atoms with van der Waals surface area (Å²) in [5.41, 5.74) is 1.59. The fourth-order valence-corrected chi connectivity index (χ4v) is 4.06. The van der Waals surface area contributed by atoms with Gasteiger partial charge in [-0.05, 0) is 44.2 Å². The van der Waals surface area contributed by atoms with Crippen molar-refractivity contribution in [1.29, 1.82) is 0 Å². The maximum absolute atomic E-state index is 12.9. The number of benzene rings is 1. The molecule has 1 heterocycles. The molecular formula is C20H26N4O4. The third-order valence-electron chi connectivity index (χ3n) is 5.69. The van der Waals surface area contributed by atoms with Gasteiger partial charge in [-0.15, -0.1) is 0 Å². The van der Waals surface area contributed by atoms with Crippen LogP contribution in [0.5, 0.6) is 0 Å². The lowest BCUT2D eigenvalue weighted by molar-refractivity contribution is -0.137. The maximum atomic E-state index is 12.9. The van der Waals surface area contributed by atoms with Crippen LogP contribution in [0, 0.1) is 19.8 Å². The molecule has 2 fully saturated rings. The Labute approximate surface area is 164 Å². The van der Waals surface area contributed by atoms with E-state index in [-0.39, 0.29) is 11.8 Å². The number of amides is 6. The van der Waals surface area contributed by atoms with Crippen LogP contribution in [0.4, 0.5) is 15.3 Å². The minimum absolute atomic E-state index is 0.0126. The number of hydrogen-bond acceptors (Lipinski definition) is 4. The molecule has 28 heavy (non-hydrogen) atoms. The van der Waals surface area contributed by atoms with Crippen LogP contribution in [-0.2, 0) is 9.59 Å². The molecule has 3 N–H and O–H groups in total. The van der Waals surface area contributed by atoms with E-state index in [1.807, 2.05) is 32.9 Å². The number of anilines is 1. The Kier molecular flexibility index (Phi) is 5.40. The number of nitrogens with zero attached hydrogens (tertiary/aromatic N) is 1. The topological polar surface area (TPSA) is 108 Å². The van der Waals surface area contributed by atoms with Gasteiger partial charge in [-0.2, -0.15) is 0 Å². The zero-order chi connectivity index (χ0) is 20.5. The van der Waals surface area contributed by atoms with Crippen LogP contribution in [-0.4, -0.2) is 40.9 Å². The monoisotopic (exact) mass is 386 g/mol. The van der Waals surface area contributed by atoms with Gasteiger partial charge in [-0.25, -0.2) is 9.59 Å². The number of carbonyl (C=O) groups is 4. The fraction of sp³-hybridized carbons (Fsp3) is 0.500. The van der Waals surface area contributed by atoms with E-state index < -0.39 is 30.1 Å². The number of hydrogen-bond donors (Lipinski definition) is 3. The molecule has 0 unspecified atom stereocenters. The number of rotatable bonds is 3. The van der Waals surface area contributed by atoms with E-state index >= 15 is 0 Å². The van der Waals surface area contributed by atoms with E-state index in [2.05, 4.69) is 16.0 Å². The largest absolute Gasteiger partial charge is 0.325 e. The SMILES string of the molecule is Cc1ccc(NC(=O)NC(=O)CN2C(=O)N[C@]3(CCCC[C@@H]3C)C2=O)c(C)c1. The fourth-order valence-electron chi connectivity index (χ4n) is 4.06. The molecule has 2 atom stereocenters. The second-order valence-corrected chi connectivity index (χ2v) is 7.76. The van der Waals surface area contributed by atoms with Gasteiger partial charge in [0.15, 0.2) is 0 Å². The predicted octanol–water partition coefficient (Wildman–Crippen LogP) is 2.45. The summed E-state index contributed by atoms with van der Waals surface area (Å²) in [6, 6.07) is 4.23. The number of carbonyl (C=O) groups excluding carboxylic acids is 4. The molecule has 1 saturated heterocycles. The maximum Gasteiger partial charge on any atom is 0.325 e. The molecule has 0 aromatic heterocycles. The Bertz CT molecular complexity index is 837. The summed E-state index contributed by atoms with van der Waals surface area (Å²) in [5.74, 6) is -1.08. The first kappa shape index (κ1) is 19.9. The molecule has 1 aromatic rings. The third-order valence-corrected chi connectivity index (χ3v) is 5.69. The summed E-state index contributed by atoms with van der Waals surface area (Å²) >= 11 is 0. The number of nitrogens with one attached hydrogen (secondary N) is 3. The van der Waals surface area contributed by atoms with E-state index in [4.69, 9.17) is 0 Å². The quantitative estimate of drug-likeness (QED) is 0.694. The lowest BCUT2D eigenvalue weighted by Gasteiger charge is -2.36. The first-order chi connectivity index (χ1) is 13.2. The van der Waals surface area contributed by atoms with Gasteiger partial charge in [0.25, 0.3) is 5.91 Å². The van der Waals surface area contributed by atoms with Crippen molar-refractivity contribution in [1.82, 2.24) is 15.5 Å². The molecule has 0 radical (unpaired) electrons. The van der Waals surface area contributed by atoms with Crippen LogP contribution in [0.15, 0.2) is 18.2 Å². The molecular weight excluding hydrogens is 360 g/mol. The van der Waals surface area contributed by atoms with E-state index in [9.17, 15) is 19.2 Å².